The highest BCUT2D eigenvalue weighted by Crippen LogP contribution is 2.07. The third-order valence-corrected chi connectivity index (χ3v) is 2.62. The van der Waals surface area contributed by atoms with Crippen LogP contribution in [-0.4, -0.2) is 30.2 Å². The fourth-order valence-corrected chi connectivity index (χ4v) is 1.30. The Morgan fingerprint density at radius 3 is 2.40 bits per heavy atom. The first-order valence-electron chi connectivity index (χ1n) is 5.64. The smallest absolute Gasteiger partial charge is 0.223 e. The lowest BCUT2D eigenvalue weighted by Gasteiger charge is -2.22. The predicted octanol–water partition coefficient (Wildman–Crippen LogP) is 0.495. The minimum Gasteiger partial charge on any atom is -0.394 e. The fourth-order valence-electron chi connectivity index (χ4n) is 1.30. The molecule has 0 saturated heterocycles. The van der Waals surface area contributed by atoms with E-state index in [1.54, 1.807) is 0 Å². The van der Waals surface area contributed by atoms with E-state index in [-0.39, 0.29) is 30.4 Å². The summed E-state index contributed by atoms with van der Waals surface area (Å²) < 4.78 is 0. The number of carbonyl (C=O) groups is 1. The van der Waals surface area contributed by atoms with E-state index in [1.165, 1.54) is 0 Å². The van der Waals surface area contributed by atoms with Gasteiger partial charge >= 0.3 is 0 Å². The molecule has 0 fully saturated rings. The second-order valence-corrected chi connectivity index (χ2v) is 4.37. The minimum absolute atomic E-state index is 0.00693. The molecule has 15 heavy (non-hydrogen) atoms. The van der Waals surface area contributed by atoms with E-state index >= 15 is 0 Å². The molecule has 0 spiro atoms. The van der Waals surface area contributed by atoms with Gasteiger partial charge in [0.15, 0.2) is 0 Å². The highest BCUT2D eigenvalue weighted by molar-refractivity contribution is 5.78. The molecule has 4 nitrogen and oxygen atoms in total. The van der Waals surface area contributed by atoms with Crippen LogP contribution in [0.2, 0.25) is 0 Å². The van der Waals surface area contributed by atoms with Crippen molar-refractivity contribution >= 4 is 5.91 Å². The van der Waals surface area contributed by atoms with Crippen molar-refractivity contribution in [3.8, 4) is 0 Å². The van der Waals surface area contributed by atoms with E-state index in [2.05, 4.69) is 5.32 Å². The summed E-state index contributed by atoms with van der Waals surface area (Å²) in [7, 11) is 0. The van der Waals surface area contributed by atoms with Crippen LogP contribution in [0.4, 0.5) is 0 Å². The molecule has 0 aromatic rings. The first kappa shape index (κ1) is 14.4. The number of rotatable bonds is 7. The highest BCUT2D eigenvalue weighted by atomic mass is 16.3. The van der Waals surface area contributed by atoms with Crippen molar-refractivity contribution in [3.05, 3.63) is 0 Å². The van der Waals surface area contributed by atoms with E-state index in [0.717, 1.165) is 12.8 Å². The average Bonchev–Trinajstić information content (AvgIpc) is 2.21. The fraction of sp³-hybridized carbons (Fsp3) is 0.909. The van der Waals surface area contributed by atoms with Crippen LogP contribution < -0.4 is 11.1 Å². The second-order valence-electron chi connectivity index (χ2n) is 4.37. The van der Waals surface area contributed by atoms with Crippen molar-refractivity contribution in [1.82, 2.24) is 5.32 Å². The van der Waals surface area contributed by atoms with Gasteiger partial charge in [0, 0.05) is 5.92 Å². The molecule has 0 rings (SSSR count). The van der Waals surface area contributed by atoms with E-state index < -0.39 is 0 Å². The third-order valence-electron chi connectivity index (χ3n) is 2.62. The van der Waals surface area contributed by atoms with Crippen molar-refractivity contribution in [3.63, 3.8) is 0 Å². The largest absolute Gasteiger partial charge is 0.394 e. The lowest BCUT2D eigenvalue weighted by atomic mass is 10.0. The van der Waals surface area contributed by atoms with Crippen LogP contribution in [0.3, 0.4) is 0 Å². The number of aliphatic hydroxyl groups is 1. The van der Waals surface area contributed by atoms with E-state index in [0.29, 0.717) is 6.54 Å². The predicted molar refractivity (Wildman–Crippen MR) is 61.3 cm³/mol. The molecule has 0 radical (unpaired) electrons. The summed E-state index contributed by atoms with van der Waals surface area (Å²) in [6.45, 7) is 6.45. The molecule has 90 valence electrons. The van der Waals surface area contributed by atoms with Crippen molar-refractivity contribution in [2.75, 3.05) is 13.2 Å². The van der Waals surface area contributed by atoms with Gasteiger partial charge in [-0.25, -0.2) is 0 Å². The van der Waals surface area contributed by atoms with Crippen molar-refractivity contribution in [2.24, 2.45) is 17.6 Å². The maximum Gasteiger partial charge on any atom is 0.223 e. The van der Waals surface area contributed by atoms with Crippen molar-refractivity contribution in [2.45, 2.75) is 39.7 Å². The average molecular weight is 216 g/mol. The van der Waals surface area contributed by atoms with Gasteiger partial charge in [0.25, 0.3) is 0 Å². The SMILES string of the molecule is CC(CCCN)C(=O)N[C@H](CO)C(C)C. The zero-order chi connectivity index (χ0) is 11.8. The molecule has 0 aromatic carbocycles. The van der Waals surface area contributed by atoms with Crippen LogP contribution >= 0.6 is 0 Å². The summed E-state index contributed by atoms with van der Waals surface area (Å²) in [4.78, 5) is 11.7. The maximum atomic E-state index is 11.7. The number of carbonyl (C=O) groups excluding carboxylic acids is 1. The molecule has 0 aliphatic carbocycles. The standard InChI is InChI=1S/C11H24N2O2/c1-8(2)10(7-14)13-11(15)9(3)5-4-6-12/h8-10,14H,4-7,12H2,1-3H3,(H,13,15)/t9?,10-/m1/s1. The Kier molecular flexibility index (Phi) is 7.34. The molecule has 0 saturated carbocycles. The van der Waals surface area contributed by atoms with Gasteiger partial charge in [-0.05, 0) is 25.3 Å². The number of nitrogens with two attached hydrogens (primary N) is 1. The van der Waals surface area contributed by atoms with Gasteiger partial charge in [-0.1, -0.05) is 20.8 Å². The number of hydrogen-bond donors (Lipinski definition) is 3. The van der Waals surface area contributed by atoms with Gasteiger partial charge < -0.3 is 16.2 Å². The molecule has 1 unspecified atom stereocenters. The molecule has 4 N–H and O–H groups in total. The molecule has 0 heterocycles. The Bertz CT molecular complexity index is 183. The number of amides is 1. The van der Waals surface area contributed by atoms with Gasteiger partial charge in [0.1, 0.15) is 0 Å². The summed E-state index contributed by atoms with van der Waals surface area (Å²) >= 11 is 0. The molecule has 1 amide bonds. The molecule has 0 bridgehead atoms. The lowest BCUT2D eigenvalue weighted by Crippen LogP contribution is -2.43. The number of aliphatic hydroxyl groups excluding tert-OH is 1. The van der Waals surface area contributed by atoms with Crippen LogP contribution in [0, 0.1) is 11.8 Å². The summed E-state index contributed by atoms with van der Waals surface area (Å²) in [5.74, 6) is 0.234. The summed E-state index contributed by atoms with van der Waals surface area (Å²) in [6.07, 6.45) is 1.67. The van der Waals surface area contributed by atoms with Gasteiger partial charge in [-0.2, -0.15) is 0 Å². The van der Waals surface area contributed by atoms with Gasteiger partial charge in [0.2, 0.25) is 5.91 Å². The number of hydrogen-bond acceptors (Lipinski definition) is 3. The quantitative estimate of drug-likeness (QED) is 0.580. The highest BCUT2D eigenvalue weighted by Gasteiger charge is 2.18. The topological polar surface area (TPSA) is 75.4 Å². The molecular formula is C11H24N2O2. The molecule has 0 aliphatic rings. The molecule has 2 atom stereocenters. The zero-order valence-electron chi connectivity index (χ0n) is 9.99. The Balaban J connectivity index is 3.98. The summed E-state index contributed by atoms with van der Waals surface area (Å²) in [5, 5.41) is 11.9. The van der Waals surface area contributed by atoms with Gasteiger partial charge in [0.05, 0.1) is 12.6 Å². The Hall–Kier alpha value is -0.610. The van der Waals surface area contributed by atoms with Crippen LogP contribution in [0.1, 0.15) is 33.6 Å². The summed E-state index contributed by atoms with van der Waals surface area (Å²) in [5.41, 5.74) is 5.38. The Labute approximate surface area is 92.2 Å². The van der Waals surface area contributed by atoms with Gasteiger partial charge in [-0.3, -0.25) is 4.79 Å². The molecule has 0 aliphatic heterocycles. The Morgan fingerprint density at radius 1 is 1.40 bits per heavy atom. The van der Waals surface area contributed by atoms with Crippen LogP contribution in [0.25, 0.3) is 0 Å². The maximum absolute atomic E-state index is 11.7. The number of nitrogens with one attached hydrogen (secondary N) is 1. The monoisotopic (exact) mass is 216 g/mol. The first-order valence-corrected chi connectivity index (χ1v) is 5.64. The van der Waals surface area contributed by atoms with Crippen molar-refractivity contribution in [1.29, 1.82) is 0 Å². The normalized spacial score (nSPS) is 15.1. The molecule has 4 heteroatoms. The third kappa shape index (κ3) is 5.74. The van der Waals surface area contributed by atoms with Crippen LogP contribution in [0.5, 0.6) is 0 Å². The molecule has 0 aromatic heterocycles. The lowest BCUT2D eigenvalue weighted by molar-refractivity contribution is -0.126. The first-order chi connectivity index (χ1) is 7.02. The minimum atomic E-state index is -0.141. The van der Waals surface area contributed by atoms with Crippen LogP contribution in [-0.2, 0) is 4.79 Å². The zero-order valence-corrected chi connectivity index (χ0v) is 9.99. The van der Waals surface area contributed by atoms with Crippen LogP contribution in [0.15, 0.2) is 0 Å². The van der Waals surface area contributed by atoms with Gasteiger partial charge in [-0.15, -0.1) is 0 Å². The summed E-state index contributed by atoms with van der Waals surface area (Å²) in [6, 6.07) is -0.141. The molecular weight excluding hydrogens is 192 g/mol. The van der Waals surface area contributed by atoms with Crippen molar-refractivity contribution < 1.29 is 9.90 Å². The second kappa shape index (κ2) is 7.65. The Morgan fingerprint density at radius 2 is 2.00 bits per heavy atom. The van der Waals surface area contributed by atoms with E-state index in [1.807, 2.05) is 20.8 Å². The van der Waals surface area contributed by atoms with E-state index in [9.17, 15) is 4.79 Å². The van der Waals surface area contributed by atoms with E-state index in [4.69, 9.17) is 10.8 Å².